The maximum Gasteiger partial charge on any atom is 0.160 e. The molecular weight excluding hydrogens is 739 g/mol. The van der Waals surface area contributed by atoms with E-state index >= 15 is 0 Å². The average Bonchev–Trinajstić information content (AvgIpc) is 3.67. The predicted octanol–water partition coefficient (Wildman–Crippen LogP) is 15.4. The predicted molar refractivity (Wildman–Crippen MR) is 256 cm³/mol. The van der Waals surface area contributed by atoms with Crippen LogP contribution in [0.2, 0.25) is 0 Å². The molecule has 0 amide bonds. The Labute approximate surface area is 353 Å². The largest absolute Gasteiger partial charge is 0.309 e. The summed E-state index contributed by atoms with van der Waals surface area (Å²) >= 11 is 0. The lowest BCUT2D eigenvalue weighted by Crippen LogP contribution is -1.97. The van der Waals surface area contributed by atoms with Crippen LogP contribution >= 0.6 is 0 Å². The Bertz CT molecular complexity index is 3640. The van der Waals surface area contributed by atoms with Crippen LogP contribution in [0.1, 0.15) is 0 Å². The van der Waals surface area contributed by atoms with Gasteiger partial charge >= 0.3 is 0 Å². The molecule has 2 aromatic heterocycles. The van der Waals surface area contributed by atoms with Crippen molar-refractivity contribution in [1.29, 1.82) is 0 Å². The minimum atomic E-state index is 0.694. The fourth-order valence-electron chi connectivity index (χ4n) is 9.29. The number of hydrogen-bond acceptors (Lipinski definition) is 2. The quantitative estimate of drug-likeness (QED) is 0.124. The van der Waals surface area contributed by atoms with Crippen LogP contribution < -0.4 is 0 Å². The minimum Gasteiger partial charge on any atom is -0.309 e. The standard InChI is InChI=1S/C58H37N3/c1-3-16-39(17-4-1)58-59-53(37-54(60-58)44-30-31-50-49-27-11-12-28-55(49)61(56(50)36-44)46-23-5-2-6-24-46)43-21-13-19-40(33-43)41-20-14-22-45(34-41)57-48-26-10-8-18-42(48)35-52-47-25-9-7-15-38(47)29-32-51(52)57/h1-37H. The zero-order chi connectivity index (χ0) is 40.3. The van der Waals surface area contributed by atoms with Crippen molar-refractivity contribution in [3.05, 3.63) is 224 Å². The van der Waals surface area contributed by atoms with E-state index in [0.29, 0.717) is 5.82 Å². The van der Waals surface area contributed by atoms with Crippen molar-refractivity contribution in [1.82, 2.24) is 14.5 Å². The van der Waals surface area contributed by atoms with Gasteiger partial charge in [0.25, 0.3) is 0 Å². The number of aromatic nitrogens is 3. The number of para-hydroxylation sites is 2. The van der Waals surface area contributed by atoms with E-state index in [2.05, 4.69) is 211 Å². The molecule has 12 aromatic rings. The summed E-state index contributed by atoms with van der Waals surface area (Å²) in [4.78, 5) is 10.5. The molecule has 0 saturated heterocycles. The second-order valence-corrected chi connectivity index (χ2v) is 15.8. The van der Waals surface area contributed by atoms with E-state index in [1.807, 2.05) is 18.2 Å². The minimum absolute atomic E-state index is 0.694. The summed E-state index contributed by atoms with van der Waals surface area (Å²) in [6, 6.07) is 80.5. The van der Waals surface area contributed by atoms with Gasteiger partial charge < -0.3 is 4.57 Å². The number of hydrogen-bond donors (Lipinski definition) is 0. The Kier molecular flexibility index (Phi) is 8.17. The van der Waals surface area contributed by atoms with Crippen molar-refractivity contribution in [3.8, 4) is 61.8 Å². The average molecular weight is 776 g/mol. The second kappa shape index (κ2) is 14.3. The Morgan fingerprint density at radius 1 is 0.279 bits per heavy atom. The molecule has 284 valence electrons. The van der Waals surface area contributed by atoms with Gasteiger partial charge in [-0.15, -0.1) is 0 Å². The van der Waals surface area contributed by atoms with Crippen molar-refractivity contribution in [2.45, 2.75) is 0 Å². The van der Waals surface area contributed by atoms with Crippen LogP contribution in [0.5, 0.6) is 0 Å². The van der Waals surface area contributed by atoms with Gasteiger partial charge in [0, 0.05) is 33.2 Å². The van der Waals surface area contributed by atoms with Crippen molar-refractivity contribution in [2.24, 2.45) is 0 Å². The van der Waals surface area contributed by atoms with Gasteiger partial charge in [0.1, 0.15) is 0 Å². The third-order valence-electron chi connectivity index (χ3n) is 12.2. The normalized spacial score (nSPS) is 11.6. The van der Waals surface area contributed by atoms with Crippen LogP contribution in [-0.4, -0.2) is 14.5 Å². The van der Waals surface area contributed by atoms with Gasteiger partial charge in [-0.3, -0.25) is 0 Å². The fourth-order valence-corrected chi connectivity index (χ4v) is 9.29. The van der Waals surface area contributed by atoms with Gasteiger partial charge in [-0.05, 0) is 103 Å². The van der Waals surface area contributed by atoms with Gasteiger partial charge in [-0.25, -0.2) is 9.97 Å². The summed E-state index contributed by atoms with van der Waals surface area (Å²) in [6.45, 7) is 0. The molecule has 0 unspecified atom stereocenters. The lowest BCUT2D eigenvalue weighted by molar-refractivity contribution is 1.17. The first-order valence-electron chi connectivity index (χ1n) is 20.8. The maximum atomic E-state index is 5.24. The molecule has 0 saturated carbocycles. The molecule has 0 N–H and O–H groups in total. The number of rotatable bonds is 6. The smallest absolute Gasteiger partial charge is 0.160 e. The molecule has 0 bridgehead atoms. The molecule has 0 fully saturated rings. The third-order valence-corrected chi connectivity index (χ3v) is 12.2. The summed E-state index contributed by atoms with van der Waals surface area (Å²) in [5.41, 5.74) is 13.0. The first kappa shape index (κ1) is 34.9. The molecule has 61 heavy (non-hydrogen) atoms. The molecule has 0 aliphatic carbocycles. The van der Waals surface area contributed by atoms with Crippen LogP contribution in [0, 0.1) is 0 Å². The van der Waals surface area contributed by atoms with Gasteiger partial charge in [0.15, 0.2) is 5.82 Å². The van der Waals surface area contributed by atoms with E-state index in [4.69, 9.17) is 9.97 Å². The molecule has 0 radical (unpaired) electrons. The molecule has 12 rings (SSSR count). The zero-order valence-electron chi connectivity index (χ0n) is 33.2. The van der Waals surface area contributed by atoms with Gasteiger partial charge in [-0.1, -0.05) is 176 Å². The highest BCUT2D eigenvalue weighted by Gasteiger charge is 2.17. The highest BCUT2D eigenvalue weighted by molar-refractivity contribution is 6.20. The van der Waals surface area contributed by atoms with Crippen molar-refractivity contribution in [3.63, 3.8) is 0 Å². The molecule has 3 heteroatoms. The van der Waals surface area contributed by atoms with Crippen LogP contribution in [0.15, 0.2) is 224 Å². The van der Waals surface area contributed by atoms with E-state index < -0.39 is 0 Å². The summed E-state index contributed by atoms with van der Waals surface area (Å²) in [5, 5.41) is 9.98. The molecule has 0 aliphatic heterocycles. The van der Waals surface area contributed by atoms with E-state index in [-0.39, 0.29) is 0 Å². The molecule has 0 atom stereocenters. The summed E-state index contributed by atoms with van der Waals surface area (Å²) in [7, 11) is 0. The SMILES string of the molecule is c1ccc(-c2nc(-c3cccc(-c4cccc(-c5c6ccccc6cc6c5ccc5ccccc56)c4)c3)cc(-c3ccc4c5ccccc5n(-c5ccccc5)c4c3)n2)cc1. The van der Waals surface area contributed by atoms with E-state index in [1.165, 1.54) is 59.7 Å². The maximum absolute atomic E-state index is 5.24. The summed E-state index contributed by atoms with van der Waals surface area (Å²) < 4.78 is 2.36. The summed E-state index contributed by atoms with van der Waals surface area (Å²) in [6.07, 6.45) is 0. The van der Waals surface area contributed by atoms with Crippen molar-refractivity contribution < 1.29 is 0 Å². The number of fused-ring (bicyclic) bond motifs is 7. The monoisotopic (exact) mass is 775 g/mol. The first-order chi connectivity index (χ1) is 30.2. The fraction of sp³-hybridized carbons (Fsp3) is 0. The van der Waals surface area contributed by atoms with Gasteiger partial charge in [-0.2, -0.15) is 0 Å². The van der Waals surface area contributed by atoms with Crippen LogP contribution in [0.3, 0.4) is 0 Å². The zero-order valence-corrected chi connectivity index (χ0v) is 33.2. The van der Waals surface area contributed by atoms with E-state index in [0.717, 1.165) is 50.4 Å². The third kappa shape index (κ3) is 5.98. The Balaban J connectivity index is 1.00. The number of benzene rings is 10. The Hall–Kier alpha value is -8.14. The van der Waals surface area contributed by atoms with Gasteiger partial charge in [0.2, 0.25) is 0 Å². The lowest BCUT2D eigenvalue weighted by Gasteiger charge is -2.15. The topological polar surface area (TPSA) is 30.7 Å². The highest BCUT2D eigenvalue weighted by atomic mass is 15.0. The molecular formula is C58H37N3. The summed E-state index contributed by atoms with van der Waals surface area (Å²) in [5.74, 6) is 0.694. The second-order valence-electron chi connectivity index (χ2n) is 15.8. The first-order valence-corrected chi connectivity index (χ1v) is 20.8. The molecule has 2 heterocycles. The van der Waals surface area contributed by atoms with Gasteiger partial charge in [0.05, 0.1) is 22.4 Å². The number of nitrogens with zero attached hydrogens (tertiary/aromatic N) is 3. The van der Waals surface area contributed by atoms with E-state index in [1.54, 1.807) is 0 Å². The van der Waals surface area contributed by atoms with Crippen molar-refractivity contribution >= 4 is 54.1 Å². The lowest BCUT2D eigenvalue weighted by atomic mass is 9.88. The highest BCUT2D eigenvalue weighted by Crippen LogP contribution is 2.41. The van der Waals surface area contributed by atoms with Crippen LogP contribution in [-0.2, 0) is 0 Å². The molecule has 0 spiro atoms. The van der Waals surface area contributed by atoms with Crippen molar-refractivity contribution in [2.75, 3.05) is 0 Å². The van der Waals surface area contributed by atoms with Crippen LogP contribution in [0.25, 0.3) is 116 Å². The molecule has 10 aromatic carbocycles. The van der Waals surface area contributed by atoms with E-state index in [9.17, 15) is 0 Å². The molecule has 3 nitrogen and oxygen atoms in total. The molecule has 0 aliphatic rings. The Morgan fingerprint density at radius 3 is 1.62 bits per heavy atom. The Morgan fingerprint density at radius 2 is 0.836 bits per heavy atom. The van der Waals surface area contributed by atoms with Crippen LogP contribution in [0.4, 0.5) is 0 Å².